The van der Waals surface area contributed by atoms with Crippen LogP contribution in [0, 0.1) is 0 Å². The Hall–Kier alpha value is -14.7. The van der Waals surface area contributed by atoms with Crippen LogP contribution in [0.1, 0.15) is 44.5 Å². The van der Waals surface area contributed by atoms with Crippen LogP contribution in [0.2, 0.25) is 0 Å². The van der Waals surface area contributed by atoms with Gasteiger partial charge >= 0.3 is 0 Å². The molecule has 4 aliphatic rings. The van der Waals surface area contributed by atoms with Crippen molar-refractivity contribution in [3.05, 3.63) is 469 Å². The fourth-order valence-electron chi connectivity index (χ4n) is 19.9. The summed E-state index contributed by atoms with van der Waals surface area (Å²) in [6, 6.07) is 156. The van der Waals surface area contributed by atoms with Gasteiger partial charge in [-0.2, -0.15) is 0 Å². The summed E-state index contributed by atoms with van der Waals surface area (Å²) >= 11 is 3.74. The summed E-state index contributed by atoms with van der Waals surface area (Å²) in [6.45, 7) is 0. The maximum atomic E-state index is 5.65. The van der Waals surface area contributed by atoms with E-state index in [9.17, 15) is 0 Å². The van der Waals surface area contributed by atoms with Crippen molar-refractivity contribution >= 4 is 45.1 Å². The molecule has 0 amide bonds. The minimum Gasteiger partial charge on any atom is -0.228 e. The molecule has 2 spiro atoms. The second kappa shape index (κ2) is 28.0. The number of aromatic nitrogens is 4. The van der Waals surface area contributed by atoms with Gasteiger partial charge in [-0.05, 0) is 205 Å². The summed E-state index contributed by atoms with van der Waals surface area (Å²) in [4.78, 5) is 27.2. The number of hydrogen-bond acceptors (Lipinski definition) is 6. The van der Waals surface area contributed by atoms with Crippen molar-refractivity contribution in [2.45, 2.75) is 30.4 Å². The zero-order valence-corrected chi connectivity index (χ0v) is 66.7. The molecule has 0 radical (unpaired) electrons. The molecule has 0 bridgehead atoms. The Balaban J connectivity index is 0.627. The lowest BCUT2D eigenvalue weighted by atomic mass is 9.67. The molecule has 0 saturated heterocycles. The van der Waals surface area contributed by atoms with Crippen molar-refractivity contribution in [2.24, 2.45) is 0 Å². The molecule has 120 heavy (non-hydrogen) atoms. The van der Waals surface area contributed by atoms with E-state index in [1.807, 2.05) is 23.5 Å². The van der Waals surface area contributed by atoms with E-state index >= 15 is 0 Å². The standard InChI is InChI=1S/C114H70N4S2/c1-3-25-71(26-4-1)76-30-23-32-82(63-76)103-69-105(92-40-10-9-35-86(92)80-57-61-101-109(67-80)119-107-47-21-19-45-99(107)113(101)95-41-15-11-36-88(95)89-37-12-16-42-96(89)113)118-112(116-103)84-33-24-31-77(64-84)72-49-51-73(52-50-72)78-55-60-93(106-70-104(115-111(117-106)75-28-5-2-6-29-75)83-56-59-87-79(65-83)54-53-74-27-7-8-34-85(74)87)94(66-78)81-58-62-102-110(68-81)120-108-48-22-20-46-100(108)114(102)97-43-17-13-38-90(97)91-39-14-18-44-98(91)114/h1-70H. The van der Waals surface area contributed by atoms with E-state index in [4.69, 9.17) is 19.9 Å². The van der Waals surface area contributed by atoms with E-state index in [0.717, 1.165) is 117 Å². The average Bonchev–Trinajstić information content (AvgIpc) is 1.50. The Labute approximate surface area is 705 Å². The Kier molecular flexibility index (Phi) is 16.3. The van der Waals surface area contributed by atoms with E-state index < -0.39 is 10.8 Å². The molecule has 6 heteroatoms. The van der Waals surface area contributed by atoms with E-state index in [0.29, 0.717) is 11.6 Å². The van der Waals surface area contributed by atoms with Gasteiger partial charge in [0.2, 0.25) is 0 Å². The fraction of sp³-hybridized carbons (Fsp3) is 0.0175. The van der Waals surface area contributed by atoms with Crippen molar-refractivity contribution in [1.29, 1.82) is 0 Å². The van der Waals surface area contributed by atoms with Crippen LogP contribution in [0.15, 0.2) is 444 Å². The molecule has 2 aliphatic heterocycles. The summed E-state index contributed by atoms with van der Waals surface area (Å²) in [7, 11) is 0. The summed E-state index contributed by atoms with van der Waals surface area (Å²) in [6.07, 6.45) is 0. The maximum Gasteiger partial charge on any atom is 0.160 e. The molecular weight excluding hydrogens is 1490 g/mol. The van der Waals surface area contributed by atoms with Crippen LogP contribution in [0.25, 0.3) is 167 Å². The monoisotopic (exact) mass is 1560 g/mol. The summed E-state index contributed by atoms with van der Waals surface area (Å²) in [5.41, 5.74) is 34.9. The van der Waals surface area contributed by atoms with Crippen LogP contribution in [0.5, 0.6) is 0 Å². The van der Waals surface area contributed by atoms with Crippen LogP contribution in [-0.4, -0.2) is 19.9 Å². The van der Waals surface area contributed by atoms with E-state index in [1.54, 1.807) is 0 Å². The van der Waals surface area contributed by atoms with Crippen LogP contribution in [0.4, 0.5) is 0 Å². The zero-order chi connectivity index (χ0) is 79.0. The minimum absolute atomic E-state index is 0.474. The molecule has 0 unspecified atom stereocenters. The lowest BCUT2D eigenvalue weighted by Gasteiger charge is -2.39. The molecule has 0 atom stereocenters. The topological polar surface area (TPSA) is 51.6 Å². The van der Waals surface area contributed by atoms with Gasteiger partial charge < -0.3 is 0 Å². The number of hydrogen-bond donors (Lipinski definition) is 0. The number of nitrogens with zero attached hydrogens (tertiary/aromatic N) is 4. The molecule has 24 rings (SSSR count). The lowest BCUT2D eigenvalue weighted by Crippen LogP contribution is -2.31. The maximum absolute atomic E-state index is 5.65. The van der Waals surface area contributed by atoms with Gasteiger partial charge in [0.15, 0.2) is 11.6 Å². The van der Waals surface area contributed by atoms with Gasteiger partial charge in [0.25, 0.3) is 0 Å². The smallest absolute Gasteiger partial charge is 0.160 e. The Bertz CT molecular complexity index is 7530. The van der Waals surface area contributed by atoms with Crippen LogP contribution in [-0.2, 0) is 10.8 Å². The fourth-order valence-corrected chi connectivity index (χ4v) is 22.3. The van der Waals surface area contributed by atoms with E-state index in [2.05, 4.69) is 425 Å². The number of fused-ring (bicyclic) bond motifs is 21. The van der Waals surface area contributed by atoms with Crippen molar-refractivity contribution in [3.63, 3.8) is 0 Å². The van der Waals surface area contributed by atoms with Crippen molar-refractivity contribution in [3.8, 4) is 146 Å². The first-order chi connectivity index (χ1) is 59.4. The normalized spacial score (nSPS) is 13.2. The SMILES string of the molecule is c1ccc(-c2cccc(-c3cc(-c4ccccc4-c4ccc5c(c4)Sc4ccccc4C54c5ccccc5-c5ccccc54)nc(-c4cccc(-c5ccc(-c6ccc(-c7cc(-c8ccc9c(ccc%10ccccc%109)c8)nc(-c8ccccc8)n7)c(-c7ccc8c(c7)Sc7ccccc7C87c8ccccc8-c8ccccc87)c6)cc5)c4)n3)c2)cc1. The molecule has 20 aromatic rings. The molecule has 18 aromatic carbocycles. The van der Waals surface area contributed by atoms with E-state index in [1.165, 1.54) is 103 Å². The lowest BCUT2D eigenvalue weighted by molar-refractivity contribution is 0.722. The zero-order valence-electron chi connectivity index (χ0n) is 65.0. The Morgan fingerprint density at radius 2 is 0.508 bits per heavy atom. The van der Waals surface area contributed by atoms with Crippen molar-refractivity contribution < 1.29 is 0 Å². The third-order valence-electron chi connectivity index (χ3n) is 25.3. The first kappa shape index (κ1) is 69.6. The second-order valence-corrected chi connectivity index (χ2v) is 33.9. The van der Waals surface area contributed by atoms with Crippen LogP contribution >= 0.6 is 23.5 Å². The van der Waals surface area contributed by atoms with Gasteiger partial charge in [0, 0.05) is 53.0 Å². The molecule has 2 aliphatic carbocycles. The Morgan fingerprint density at radius 1 is 0.158 bits per heavy atom. The molecular formula is C114H70N4S2. The molecule has 0 N–H and O–H groups in total. The number of rotatable bonds is 11. The van der Waals surface area contributed by atoms with Gasteiger partial charge in [-0.1, -0.05) is 388 Å². The quantitative estimate of drug-likeness (QED) is 0.120. The molecule has 4 heterocycles. The molecule has 0 saturated carbocycles. The van der Waals surface area contributed by atoms with Crippen molar-refractivity contribution in [1.82, 2.24) is 19.9 Å². The second-order valence-electron chi connectivity index (χ2n) is 31.7. The van der Waals surface area contributed by atoms with Crippen LogP contribution < -0.4 is 0 Å². The highest BCUT2D eigenvalue weighted by Gasteiger charge is 2.52. The first-order valence-electron chi connectivity index (χ1n) is 41.0. The highest BCUT2D eigenvalue weighted by Crippen LogP contribution is 2.65. The average molecular weight is 1560 g/mol. The Morgan fingerprint density at radius 3 is 1.07 bits per heavy atom. The third-order valence-corrected chi connectivity index (χ3v) is 27.5. The molecule has 558 valence electrons. The molecule has 2 aromatic heterocycles. The van der Waals surface area contributed by atoms with Gasteiger partial charge in [-0.15, -0.1) is 0 Å². The predicted molar refractivity (Wildman–Crippen MR) is 495 cm³/mol. The predicted octanol–water partition coefficient (Wildman–Crippen LogP) is 29.6. The van der Waals surface area contributed by atoms with Gasteiger partial charge in [0.1, 0.15) is 0 Å². The summed E-state index contributed by atoms with van der Waals surface area (Å²) in [5, 5.41) is 4.82. The largest absolute Gasteiger partial charge is 0.228 e. The summed E-state index contributed by atoms with van der Waals surface area (Å²) in [5.74, 6) is 1.30. The number of benzene rings is 18. The van der Waals surface area contributed by atoms with Crippen molar-refractivity contribution in [2.75, 3.05) is 0 Å². The summed E-state index contributed by atoms with van der Waals surface area (Å²) < 4.78 is 0. The van der Waals surface area contributed by atoms with Gasteiger partial charge in [-0.25, -0.2) is 19.9 Å². The third kappa shape index (κ3) is 11.1. The van der Waals surface area contributed by atoms with Crippen LogP contribution in [0.3, 0.4) is 0 Å². The minimum atomic E-state index is -0.518. The van der Waals surface area contributed by atoms with Gasteiger partial charge in [-0.3, -0.25) is 0 Å². The highest BCUT2D eigenvalue weighted by atomic mass is 32.2. The first-order valence-corrected chi connectivity index (χ1v) is 42.7. The van der Waals surface area contributed by atoms with Gasteiger partial charge in [0.05, 0.1) is 33.6 Å². The molecule has 4 nitrogen and oxygen atoms in total. The highest BCUT2D eigenvalue weighted by molar-refractivity contribution is 7.99. The molecule has 0 fully saturated rings. The van der Waals surface area contributed by atoms with E-state index in [-0.39, 0.29) is 0 Å².